The van der Waals surface area contributed by atoms with Crippen molar-refractivity contribution in [3.05, 3.63) is 18.1 Å². The van der Waals surface area contributed by atoms with Crippen LogP contribution in [-0.4, -0.2) is 27.0 Å². The second-order valence-corrected chi connectivity index (χ2v) is 6.69. The van der Waals surface area contributed by atoms with Crippen molar-refractivity contribution in [1.29, 1.82) is 0 Å². The van der Waals surface area contributed by atoms with Gasteiger partial charge < -0.3 is 5.73 Å². The summed E-state index contributed by atoms with van der Waals surface area (Å²) >= 11 is 0. The molecule has 0 aliphatic heterocycles. The van der Waals surface area contributed by atoms with E-state index in [0.717, 1.165) is 24.3 Å². The summed E-state index contributed by atoms with van der Waals surface area (Å²) in [6, 6.07) is 1.50. The third-order valence-corrected chi connectivity index (χ3v) is 5.16. The summed E-state index contributed by atoms with van der Waals surface area (Å²) in [6.07, 6.45) is 17.4. The maximum atomic E-state index is 5.66. The first kappa shape index (κ1) is 14.8. The van der Waals surface area contributed by atoms with Gasteiger partial charge in [0.05, 0.1) is 18.1 Å². The van der Waals surface area contributed by atoms with Gasteiger partial charge in [-0.3, -0.25) is 9.88 Å². The van der Waals surface area contributed by atoms with Crippen molar-refractivity contribution in [2.75, 3.05) is 5.73 Å². The Hall–Kier alpha value is -1.16. The molecule has 2 saturated carbocycles. The van der Waals surface area contributed by atoms with Crippen LogP contribution in [0, 0.1) is 0 Å². The quantitative estimate of drug-likeness (QED) is 0.921. The van der Waals surface area contributed by atoms with Crippen molar-refractivity contribution in [2.24, 2.45) is 0 Å². The molecule has 0 aromatic carbocycles. The molecule has 4 heteroatoms. The molecule has 0 bridgehead atoms. The van der Waals surface area contributed by atoms with Gasteiger partial charge >= 0.3 is 0 Å². The lowest BCUT2D eigenvalue weighted by Gasteiger charge is -2.41. The maximum Gasteiger partial charge on any atom is 0.141 e. The molecule has 1 heterocycles. The lowest BCUT2D eigenvalue weighted by molar-refractivity contribution is 0.0718. The molecule has 116 valence electrons. The number of hydrogen-bond acceptors (Lipinski definition) is 4. The van der Waals surface area contributed by atoms with E-state index in [0.29, 0.717) is 5.82 Å². The van der Waals surface area contributed by atoms with Crippen LogP contribution in [0.5, 0.6) is 0 Å². The monoisotopic (exact) mass is 288 g/mol. The van der Waals surface area contributed by atoms with Crippen LogP contribution in [0.1, 0.15) is 69.9 Å². The second-order valence-electron chi connectivity index (χ2n) is 6.69. The van der Waals surface area contributed by atoms with Gasteiger partial charge in [0.2, 0.25) is 0 Å². The van der Waals surface area contributed by atoms with Gasteiger partial charge in [-0.15, -0.1) is 0 Å². The number of nitrogens with two attached hydrogens (primary N) is 1. The Labute approximate surface area is 128 Å². The first-order valence-corrected chi connectivity index (χ1v) is 8.65. The molecule has 0 unspecified atom stereocenters. The summed E-state index contributed by atoms with van der Waals surface area (Å²) in [7, 11) is 0. The lowest BCUT2D eigenvalue weighted by atomic mass is 9.88. The molecule has 21 heavy (non-hydrogen) atoms. The van der Waals surface area contributed by atoms with Crippen LogP contribution in [0.3, 0.4) is 0 Å². The van der Waals surface area contributed by atoms with Gasteiger partial charge in [-0.2, -0.15) is 0 Å². The number of hydrogen-bond donors (Lipinski definition) is 1. The van der Waals surface area contributed by atoms with E-state index in [2.05, 4.69) is 14.9 Å². The van der Waals surface area contributed by atoms with E-state index < -0.39 is 0 Å². The zero-order chi connectivity index (χ0) is 14.5. The van der Waals surface area contributed by atoms with Crippen LogP contribution >= 0.6 is 0 Å². The Morgan fingerprint density at radius 2 is 1.43 bits per heavy atom. The number of rotatable bonds is 4. The Balaban J connectivity index is 1.72. The molecule has 0 spiro atoms. The van der Waals surface area contributed by atoms with Gasteiger partial charge in [-0.25, -0.2) is 4.98 Å². The van der Waals surface area contributed by atoms with Gasteiger partial charge in [-0.05, 0) is 25.7 Å². The van der Waals surface area contributed by atoms with Crippen LogP contribution in [0.2, 0.25) is 0 Å². The highest BCUT2D eigenvalue weighted by atomic mass is 15.2. The molecular weight excluding hydrogens is 260 g/mol. The molecule has 1 aromatic rings. The molecular formula is C17H28N4. The number of anilines is 1. The molecule has 0 saturated heterocycles. The number of aromatic nitrogens is 2. The molecule has 2 aliphatic carbocycles. The van der Waals surface area contributed by atoms with Gasteiger partial charge in [0.1, 0.15) is 5.82 Å². The molecule has 2 aliphatic rings. The first-order chi connectivity index (χ1) is 10.3. The maximum absolute atomic E-state index is 5.66. The fourth-order valence-corrected chi connectivity index (χ4v) is 4.02. The van der Waals surface area contributed by atoms with E-state index in [4.69, 9.17) is 5.73 Å². The van der Waals surface area contributed by atoms with E-state index >= 15 is 0 Å². The largest absolute Gasteiger partial charge is 0.382 e. The SMILES string of the molecule is Nc1cnc(CN(C2CCCCC2)C2CCCCC2)cn1. The minimum absolute atomic E-state index is 0.514. The molecule has 0 radical (unpaired) electrons. The lowest BCUT2D eigenvalue weighted by Crippen LogP contribution is -2.44. The molecule has 3 rings (SSSR count). The summed E-state index contributed by atoms with van der Waals surface area (Å²) in [5.41, 5.74) is 6.73. The smallest absolute Gasteiger partial charge is 0.141 e. The normalized spacial score (nSPS) is 21.8. The molecule has 1 aromatic heterocycles. The molecule has 0 atom stereocenters. The highest BCUT2D eigenvalue weighted by Gasteiger charge is 2.29. The van der Waals surface area contributed by atoms with E-state index in [9.17, 15) is 0 Å². The third kappa shape index (κ3) is 3.94. The van der Waals surface area contributed by atoms with Gasteiger partial charge in [0.25, 0.3) is 0 Å². The van der Waals surface area contributed by atoms with E-state index in [-0.39, 0.29) is 0 Å². The summed E-state index contributed by atoms with van der Waals surface area (Å²) in [5.74, 6) is 0.514. The summed E-state index contributed by atoms with van der Waals surface area (Å²) in [4.78, 5) is 11.4. The van der Waals surface area contributed by atoms with Crippen molar-refractivity contribution in [3.63, 3.8) is 0 Å². The van der Waals surface area contributed by atoms with Crippen LogP contribution in [0.15, 0.2) is 12.4 Å². The van der Waals surface area contributed by atoms with E-state index in [1.165, 1.54) is 64.2 Å². The highest BCUT2D eigenvalue weighted by molar-refractivity contribution is 5.22. The minimum Gasteiger partial charge on any atom is -0.382 e. The average Bonchev–Trinajstić information content (AvgIpc) is 2.56. The van der Waals surface area contributed by atoms with Crippen molar-refractivity contribution in [3.8, 4) is 0 Å². The van der Waals surface area contributed by atoms with Crippen molar-refractivity contribution in [2.45, 2.75) is 82.8 Å². The van der Waals surface area contributed by atoms with Crippen molar-refractivity contribution in [1.82, 2.24) is 14.9 Å². The topological polar surface area (TPSA) is 55.0 Å². The summed E-state index contributed by atoms with van der Waals surface area (Å²) < 4.78 is 0. The van der Waals surface area contributed by atoms with Gasteiger partial charge in [-0.1, -0.05) is 38.5 Å². The average molecular weight is 288 g/mol. The van der Waals surface area contributed by atoms with Gasteiger partial charge in [0, 0.05) is 18.6 Å². The highest BCUT2D eigenvalue weighted by Crippen LogP contribution is 2.31. The summed E-state index contributed by atoms with van der Waals surface area (Å²) in [6.45, 7) is 0.947. The molecule has 0 amide bonds. The zero-order valence-electron chi connectivity index (χ0n) is 13.0. The Morgan fingerprint density at radius 3 is 1.90 bits per heavy atom. The van der Waals surface area contributed by atoms with Crippen LogP contribution in [0.4, 0.5) is 5.82 Å². The zero-order valence-corrected chi connectivity index (χ0v) is 13.0. The van der Waals surface area contributed by atoms with E-state index in [1.807, 2.05) is 6.20 Å². The molecule has 4 nitrogen and oxygen atoms in total. The fourth-order valence-electron chi connectivity index (χ4n) is 4.02. The Kier molecular flexibility index (Phi) is 5.07. The Morgan fingerprint density at radius 1 is 0.857 bits per heavy atom. The van der Waals surface area contributed by atoms with Crippen molar-refractivity contribution >= 4 is 5.82 Å². The number of nitrogen functional groups attached to an aromatic ring is 1. The van der Waals surface area contributed by atoms with Crippen LogP contribution < -0.4 is 5.73 Å². The van der Waals surface area contributed by atoms with Crippen LogP contribution in [-0.2, 0) is 6.54 Å². The fraction of sp³-hybridized carbons (Fsp3) is 0.765. The summed E-state index contributed by atoms with van der Waals surface area (Å²) in [5, 5.41) is 0. The minimum atomic E-state index is 0.514. The standard InChI is InChI=1S/C17H28N4/c18-17-12-19-14(11-20-17)13-21(15-7-3-1-4-8-15)16-9-5-2-6-10-16/h11-12,15-16H,1-10,13H2,(H2,18,20). The number of nitrogens with zero attached hydrogens (tertiary/aromatic N) is 3. The second kappa shape index (κ2) is 7.21. The first-order valence-electron chi connectivity index (χ1n) is 8.65. The molecule has 2 fully saturated rings. The Bertz CT molecular complexity index is 401. The van der Waals surface area contributed by atoms with Gasteiger partial charge in [0.15, 0.2) is 0 Å². The predicted octanol–water partition coefficient (Wildman–Crippen LogP) is 3.53. The van der Waals surface area contributed by atoms with E-state index in [1.54, 1.807) is 6.20 Å². The third-order valence-electron chi connectivity index (χ3n) is 5.16. The molecule has 2 N–H and O–H groups in total. The predicted molar refractivity (Wildman–Crippen MR) is 85.7 cm³/mol. The van der Waals surface area contributed by atoms with Crippen LogP contribution in [0.25, 0.3) is 0 Å². The van der Waals surface area contributed by atoms with Crippen molar-refractivity contribution < 1.29 is 0 Å².